The first-order valence-corrected chi connectivity index (χ1v) is 9.00. The number of hydrogen-bond acceptors (Lipinski definition) is 4. The SMILES string of the molecule is COc1ccc(CNC(C)c2ccccc2)cc1CN1CCOCC1. The summed E-state index contributed by atoms with van der Waals surface area (Å²) < 4.78 is 11.0. The second kappa shape index (κ2) is 8.99. The predicted molar refractivity (Wildman–Crippen MR) is 101 cm³/mol. The van der Waals surface area contributed by atoms with E-state index in [1.54, 1.807) is 7.11 Å². The van der Waals surface area contributed by atoms with Gasteiger partial charge in [0.2, 0.25) is 0 Å². The molecule has 134 valence electrons. The molecule has 0 aliphatic carbocycles. The van der Waals surface area contributed by atoms with Crippen molar-refractivity contribution in [3.63, 3.8) is 0 Å². The number of nitrogens with one attached hydrogen (secondary N) is 1. The van der Waals surface area contributed by atoms with Crippen molar-refractivity contribution in [1.82, 2.24) is 10.2 Å². The molecule has 4 nitrogen and oxygen atoms in total. The van der Waals surface area contributed by atoms with Crippen molar-refractivity contribution < 1.29 is 9.47 Å². The number of rotatable bonds is 7. The average molecular weight is 340 g/mol. The maximum atomic E-state index is 5.56. The minimum absolute atomic E-state index is 0.325. The highest BCUT2D eigenvalue weighted by atomic mass is 16.5. The highest BCUT2D eigenvalue weighted by molar-refractivity contribution is 5.37. The van der Waals surface area contributed by atoms with Gasteiger partial charge in [-0.25, -0.2) is 0 Å². The molecule has 1 heterocycles. The number of methoxy groups -OCH3 is 1. The molecular weight excluding hydrogens is 312 g/mol. The standard InChI is InChI=1S/C21H28N2O2/c1-17(19-6-4-3-5-7-19)22-15-18-8-9-21(24-2)20(14-18)16-23-10-12-25-13-11-23/h3-9,14,17,22H,10-13,15-16H2,1-2H3. The van der Waals surface area contributed by atoms with Gasteiger partial charge in [0, 0.05) is 37.8 Å². The molecule has 1 aliphatic rings. The Balaban J connectivity index is 1.64. The van der Waals surface area contributed by atoms with E-state index in [1.807, 2.05) is 0 Å². The van der Waals surface area contributed by atoms with E-state index >= 15 is 0 Å². The van der Waals surface area contributed by atoms with Crippen LogP contribution < -0.4 is 10.1 Å². The van der Waals surface area contributed by atoms with Gasteiger partial charge in [0.05, 0.1) is 20.3 Å². The van der Waals surface area contributed by atoms with Gasteiger partial charge in [-0.05, 0) is 30.2 Å². The van der Waals surface area contributed by atoms with Gasteiger partial charge >= 0.3 is 0 Å². The molecule has 0 bridgehead atoms. The summed E-state index contributed by atoms with van der Waals surface area (Å²) >= 11 is 0. The van der Waals surface area contributed by atoms with Crippen molar-refractivity contribution in [2.75, 3.05) is 33.4 Å². The molecule has 25 heavy (non-hydrogen) atoms. The largest absolute Gasteiger partial charge is 0.496 e. The van der Waals surface area contributed by atoms with Gasteiger partial charge < -0.3 is 14.8 Å². The summed E-state index contributed by atoms with van der Waals surface area (Å²) in [4.78, 5) is 2.42. The van der Waals surface area contributed by atoms with Gasteiger partial charge in [0.25, 0.3) is 0 Å². The summed E-state index contributed by atoms with van der Waals surface area (Å²) in [5.74, 6) is 0.964. The molecule has 1 fully saturated rings. The van der Waals surface area contributed by atoms with Crippen LogP contribution in [0.25, 0.3) is 0 Å². The second-order valence-electron chi connectivity index (χ2n) is 6.55. The quantitative estimate of drug-likeness (QED) is 0.838. The summed E-state index contributed by atoms with van der Waals surface area (Å²) in [6.45, 7) is 7.56. The summed E-state index contributed by atoms with van der Waals surface area (Å²) in [6.07, 6.45) is 0. The lowest BCUT2D eigenvalue weighted by atomic mass is 10.1. The zero-order valence-electron chi connectivity index (χ0n) is 15.2. The molecule has 0 spiro atoms. The van der Waals surface area contributed by atoms with E-state index in [9.17, 15) is 0 Å². The lowest BCUT2D eigenvalue weighted by Gasteiger charge is -2.27. The molecular formula is C21H28N2O2. The monoisotopic (exact) mass is 340 g/mol. The van der Waals surface area contributed by atoms with Crippen molar-refractivity contribution in [2.24, 2.45) is 0 Å². The fraction of sp³-hybridized carbons (Fsp3) is 0.429. The fourth-order valence-corrected chi connectivity index (χ4v) is 3.20. The maximum absolute atomic E-state index is 5.56. The Hall–Kier alpha value is -1.88. The third kappa shape index (κ3) is 5.05. The summed E-state index contributed by atoms with van der Waals surface area (Å²) in [7, 11) is 1.74. The van der Waals surface area contributed by atoms with E-state index < -0.39 is 0 Å². The number of nitrogens with zero attached hydrogens (tertiary/aromatic N) is 1. The van der Waals surface area contributed by atoms with Crippen LogP contribution in [0.1, 0.15) is 29.7 Å². The summed E-state index contributed by atoms with van der Waals surface area (Å²) in [5, 5.41) is 3.61. The number of hydrogen-bond donors (Lipinski definition) is 1. The second-order valence-corrected chi connectivity index (χ2v) is 6.55. The Morgan fingerprint density at radius 2 is 1.88 bits per heavy atom. The van der Waals surface area contributed by atoms with Crippen molar-refractivity contribution in [3.8, 4) is 5.75 Å². The van der Waals surface area contributed by atoms with Gasteiger partial charge in [-0.2, -0.15) is 0 Å². The molecule has 4 heteroatoms. The highest BCUT2D eigenvalue weighted by Gasteiger charge is 2.14. The average Bonchev–Trinajstić information content (AvgIpc) is 2.68. The number of ether oxygens (including phenoxy) is 2. The molecule has 0 aromatic heterocycles. The summed E-state index contributed by atoms with van der Waals surface area (Å²) in [6, 6.07) is 17.4. The van der Waals surface area contributed by atoms with Crippen LogP contribution in [-0.2, 0) is 17.8 Å². The zero-order chi connectivity index (χ0) is 17.5. The molecule has 1 N–H and O–H groups in total. The van der Waals surface area contributed by atoms with Crippen LogP contribution in [0.4, 0.5) is 0 Å². The lowest BCUT2D eigenvalue weighted by Crippen LogP contribution is -2.35. The first-order chi connectivity index (χ1) is 12.3. The Morgan fingerprint density at radius 1 is 1.12 bits per heavy atom. The van der Waals surface area contributed by atoms with Crippen LogP contribution in [0, 0.1) is 0 Å². The van der Waals surface area contributed by atoms with E-state index in [1.165, 1.54) is 16.7 Å². The van der Waals surface area contributed by atoms with Gasteiger partial charge in [-0.15, -0.1) is 0 Å². The molecule has 2 aromatic rings. The van der Waals surface area contributed by atoms with Gasteiger partial charge in [-0.3, -0.25) is 4.90 Å². The van der Waals surface area contributed by atoms with Crippen molar-refractivity contribution in [1.29, 1.82) is 0 Å². The van der Waals surface area contributed by atoms with Crippen LogP contribution in [0.3, 0.4) is 0 Å². The highest BCUT2D eigenvalue weighted by Crippen LogP contribution is 2.23. The smallest absolute Gasteiger partial charge is 0.123 e. The van der Waals surface area contributed by atoms with Crippen LogP contribution in [0.15, 0.2) is 48.5 Å². The van der Waals surface area contributed by atoms with E-state index in [4.69, 9.17) is 9.47 Å². The number of benzene rings is 2. The molecule has 3 rings (SSSR count). The van der Waals surface area contributed by atoms with E-state index in [-0.39, 0.29) is 0 Å². The maximum Gasteiger partial charge on any atom is 0.123 e. The molecule has 0 saturated carbocycles. The predicted octanol–water partition coefficient (Wildman–Crippen LogP) is 3.38. The van der Waals surface area contributed by atoms with E-state index in [0.29, 0.717) is 6.04 Å². The minimum Gasteiger partial charge on any atom is -0.496 e. The minimum atomic E-state index is 0.325. The molecule has 1 unspecified atom stereocenters. The number of morpholine rings is 1. The Bertz CT molecular complexity index is 654. The molecule has 1 atom stereocenters. The fourth-order valence-electron chi connectivity index (χ4n) is 3.20. The van der Waals surface area contributed by atoms with Crippen molar-refractivity contribution in [3.05, 3.63) is 65.2 Å². The van der Waals surface area contributed by atoms with E-state index in [2.05, 4.69) is 65.7 Å². The summed E-state index contributed by atoms with van der Waals surface area (Å²) in [5.41, 5.74) is 3.84. The molecule has 0 amide bonds. The third-order valence-electron chi connectivity index (χ3n) is 4.75. The van der Waals surface area contributed by atoms with E-state index in [0.717, 1.165) is 45.1 Å². The molecule has 1 saturated heterocycles. The molecule has 0 radical (unpaired) electrons. The van der Waals surface area contributed by atoms with Crippen LogP contribution in [0.5, 0.6) is 5.75 Å². The van der Waals surface area contributed by atoms with Gasteiger partial charge in [0.1, 0.15) is 5.75 Å². The van der Waals surface area contributed by atoms with Crippen LogP contribution >= 0.6 is 0 Å². The normalized spacial score (nSPS) is 16.6. The van der Waals surface area contributed by atoms with Gasteiger partial charge in [0.15, 0.2) is 0 Å². The Kier molecular flexibility index (Phi) is 6.45. The topological polar surface area (TPSA) is 33.7 Å². The Morgan fingerprint density at radius 3 is 2.60 bits per heavy atom. The first-order valence-electron chi connectivity index (χ1n) is 9.00. The van der Waals surface area contributed by atoms with Crippen molar-refractivity contribution in [2.45, 2.75) is 26.1 Å². The van der Waals surface area contributed by atoms with Crippen molar-refractivity contribution >= 4 is 0 Å². The van der Waals surface area contributed by atoms with Crippen LogP contribution in [-0.4, -0.2) is 38.3 Å². The third-order valence-corrected chi connectivity index (χ3v) is 4.75. The lowest BCUT2D eigenvalue weighted by molar-refractivity contribution is 0.0339. The zero-order valence-corrected chi connectivity index (χ0v) is 15.2. The molecule has 1 aliphatic heterocycles. The molecule has 2 aromatic carbocycles. The van der Waals surface area contributed by atoms with Gasteiger partial charge in [-0.1, -0.05) is 36.4 Å². The van der Waals surface area contributed by atoms with Crippen LogP contribution in [0.2, 0.25) is 0 Å². The Labute approximate surface area is 150 Å². The first kappa shape index (κ1) is 17.9.